The molecule has 0 amide bonds. The summed E-state index contributed by atoms with van der Waals surface area (Å²) >= 11 is 1.75. The Morgan fingerprint density at radius 1 is 1.27 bits per heavy atom. The molecule has 1 aliphatic heterocycles. The predicted octanol–water partition coefficient (Wildman–Crippen LogP) is 4.47. The summed E-state index contributed by atoms with van der Waals surface area (Å²) < 4.78 is 0. The fourth-order valence-corrected chi connectivity index (χ4v) is 4.61. The van der Waals surface area contributed by atoms with E-state index in [0.717, 1.165) is 63.5 Å². The molecule has 2 N–H and O–H groups in total. The summed E-state index contributed by atoms with van der Waals surface area (Å²) in [6.45, 7) is 10.4. The first-order chi connectivity index (χ1) is 14.2. The molecule has 0 aliphatic carbocycles. The highest BCUT2D eigenvalue weighted by atomic mass is 127. The van der Waals surface area contributed by atoms with Gasteiger partial charge in [0.05, 0.1) is 10.7 Å². The topological polar surface area (TPSA) is 52.6 Å². The molecule has 0 radical (unpaired) electrons. The molecule has 0 spiro atoms. The number of hydrogen-bond acceptors (Lipinski definition) is 4. The van der Waals surface area contributed by atoms with Crippen LogP contribution in [0.5, 0.6) is 0 Å². The van der Waals surface area contributed by atoms with Crippen LogP contribution >= 0.6 is 35.3 Å². The molecule has 0 bridgehead atoms. The van der Waals surface area contributed by atoms with Crippen molar-refractivity contribution in [2.75, 3.05) is 19.6 Å². The van der Waals surface area contributed by atoms with Crippen molar-refractivity contribution >= 4 is 41.3 Å². The van der Waals surface area contributed by atoms with Gasteiger partial charge in [-0.3, -0.25) is 9.89 Å². The highest BCUT2D eigenvalue weighted by Gasteiger charge is 2.25. The van der Waals surface area contributed by atoms with Gasteiger partial charge in [0.2, 0.25) is 0 Å². The molecule has 1 aromatic heterocycles. The number of thiazole rings is 1. The number of rotatable bonds is 8. The summed E-state index contributed by atoms with van der Waals surface area (Å²) in [5, 5.41) is 10.5. The van der Waals surface area contributed by atoms with Gasteiger partial charge in [-0.05, 0) is 38.7 Å². The summed E-state index contributed by atoms with van der Waals surface area (Å²) in [6.07, 6.45) is 4.20. The molecular formula is C23H36IN5S. The van der Waals surface area contributed by atoms with Gasteiger partial charge in [0.25, 0.3) is 0 Å². The molecule has 5 nitrogen and oxygen atoms in total. The highest BCUT2D eigenvalue weighted by molar-refractivity contribution is 14.0. The van der Waals surface area contributed by atoms with E-state index in [0.29, 0.717) is 12.1 Å². The maximum absolute atomic E-state index is 4.80. The number of piperidine rings is 1. The number of aromatic nitrogens is 1. The standard InChI is InChI=1S/C23H35N5S.HI/c1-4-22-26-21(17-29-22)11-13-25-23(24-5-2)27-20-12-14-28(18(3)15-20)16-19-9-7-6-8-10-19;/h6-10,17-18,20H,4-5,11-16H2,1-3H3,(H2,24,25,27);1H. The first-order valence-corrected chi connectivity index (χ1v) is 11.8. The van der Waals surface area contributed by atoms with E-state index in [-0.39, 0.29) is 24.0 Å². The van der Waals surface area contributed by atoms with Crippen molar-refractivity contribution < 1.29 is 0 Å². The van der Waals surface area contributed by atoms with Crippen molar-refractivity contribution in [3.8, 4) is 0 Å². The van der Waals surface area contributed by atoms with E-state index in [2.05, 4.69) is 77.0 Å². The molecule has 1 aromatic carbocycles. The van der Waals surface area contributed by atoms with Crippen LogP contribution in [0.2, 0.25) is 0 Å². The number of nitrogens with zero attached hydrogens (tertiary/aromatic N) is 3. The Balaban J connectivity index is 0.00000320. The molecule has 2 heterocycles. The third-order valence-corrected chi connectivity index (χ3v) is 6.51. The predicted molar refractivity (Wildman–Crippen MR) is 139 cm³/mol. The van der Waals surface area contributed by atoms with Crippen LogP contribution in [0.15, 0.2) is 40.7 Å². The second-order valence-electron chi connectivity index (χ2n) is 7.77. The van der Waals surface area contributed by atoms with E-state index >= 15 is 0 Å². The second kappa shape index (κ2) is 13.3. The number of guanidine groups is 1. The van der Waals surface area contributed by atoms with Crippen LogP contribution in [0.4, 0.5) is 0 Å². The molecule has 1 fully saturated rings. The maximum atomic E-state index is 4.80. The summed E-state index contributed by atoms with van der Waals surface area (Å²) in [4.78, 5) is 12.0. The minimum Gasteiger partial charge on any atom is -0.357 e. The monoisotopic (exact) mass is 541 g/mol. The number of aliphatic imine (C=N–C) groups is 1. The number of benzene rings is 1. The van der Waals surface area contributed by atoms with Crippen molar-refractivity contribution in [1.82, 2.24) is 20.5 Å². The quantitative estimate of drug-likeness (QED) is 0.294. The Morgan fingerprint density at radius 2 is 2.07 bits per heavy atom. The molecule has 2 atom stereocenters. The lowest BCUT2D eigenvalue weighted by Crippen LogP contribution is -2.51. The van der Waals surface area contributed by atoms with Crippen LogP contribution in [0.25, 0.3) is 0 Å². The Kier molecular flexibility index (Phi) is 11.1. The first-order valence-electron chi connectivity index (χ1n) is 10.9. The molecular weight excluding hydrogens is 505 g/mol. The average molecular weight is 542 g/mol. The lowest BCUT2D eigenvalue weighted by atomic mass is 9.97. The van der Waals surface area contributed by atoms with Crippen molar-refractivity contribution in [3.05, 3.63) is 52.0 Å². The van der Waals surface area contributed by atoms with Gasteiger partial charge in [0.1, 0.15) is 0 Å². The van der Waals surface area contributed by atoms with E-state index in [1.54, 1.807) is 11.3 Å². The van der Waals surface area contributed by atoms with E-state index in [1.165, 1.54) is 10.6 Å². The van der Waals surface area contributed by atoms with Crippen molar-refractivity contribution in [3.63, 3.8) is 0 Å². The fraction of sp³-hybridized carbons (Fsp3) is 0.565. The number of nitrogens with one attached hydrogen (secondary N) is 2. The highest BCUT2D eigenvalue weighted by Crippen LogP contribution is 2.20. The zero-order chi connectivity index (χ0) is 20.5. The Labute approximate surface area is 202 Å². The molecule has 2 aromatic rings. The maximum Gasteiger partial charge on any atom is 0.191 e. The van der Waals surface area contributed by atoms with Gasteiger partial charge in [-0.15, -0.1) is 35.3 Å². The summed E-state index contributed by atoms with van der Waals surface area (Å²) in [6, 6.07) is 11.8. The summed E-state index contributed by atoms with van der Waals surface area (Å²) in [5.74, 6) is 0.937. The van der Waals surface area contributed by atoms with Gasteiger partial charge in [-0.2, -0.15) is 0 Å². The van der Waals surface area contributed by atoms with Gasteiger partial charge >= 0.3 is 0 Å². The summed E-state index contributed by atoms with van der Waals surface area (Å²) in [7, 11) is 0. The van der Waals surface area contributed by atoms with Gasteiger partial charge in [-0.1, -0.05) is 37.3 Å². The lowest BCUT2D eigenvalue weighted by molar-refractivity contribution is 0.134. The number of likely N-dealkylation sites (tertiary alicyclic amines) is 1. The van der Waals surface area contributed by atoms with Crippen molar-refractivity contribution in [2.24, 2.45) is 4.99 Å². The van der Waals surface area contributed by atoms with Crippen LogP contribution in [0.1, 0.15) is 49.9 Å². The van der Waals surface area contributed by atoms with Crippen molar-refractivity contribution in [1.29, 1.82) is 0 Å². The van der Waals surface area contributed by atoms with Gasteiger partial charge < -0.3 is 10.6 Å². The minimum absolute atomic E-state index is 0. The normalized spacial score (nSPS) is 19.9. The zero-order valence-electron chi connectivity index (χ0n) is 18.4. The Hall–Kier alpha value is -1.19. The smallest absolute Gasteiger partial charge is 0.191 e. The molecule has 1 aliphatic rings. The van der Waals surface area contributed by atoms with Gasteiger partial charge in [0, 0.05) is 50.1 Å². The molecule has 1 saturated heterocycles. The largest absolute Gasteiger partial charge is 0.357 e. The lowest BCUT2D eigenvalue weighted by Gasteiger charge is -2.38. The van der Waals surface area contributed by atoms with Crippen LogP contribution in [0.3, 0.4) is 0 Å². The Morgan fingerprint density at radius 3 is 2.73 bits per heavy atom. The second-order valence-corrected chi connectivity index (χ2v) is 8.71. The van der Waals surface area contributed by atoms with E-state index in [1.807, 2.05) is 0 Å². The first kappa shape index (κ1) is 25.1. The third kappa shape index (κ3) is 7.81. The average Bonchev–Trinajstić information content (AvgIpc) is 3.19. The molecule has 30 heavy (non-hydrogen) atoms. The number of hydrogen-bond donors (Lipinski definition) is 2. The third-order valence-electron chi connectivity index (χ3n) is 5.47. The van der Waals surface area contributed by atoms with Gasteiger partial charge in [-0.25, -0.2) is 4.98 Å². The molecule has 3 rings (SSSR count). The SMILES string of the molecule is CCNC(=NCCc1csc(CC)n1)NC1CCN(Cc2ccccc2)C(C)C1.I. The minimum atomic E-state index is 0. The zero-order valence-corrected chi connectivity index (χ0v) is 21.6. The molecule has 2 unspecified atom stereocenters. The fourth-order valence-electron chi connectivity index (χ4n) is 3.83. The Bertz CT molecular complexity index is 764. The van der Waals surface area contributed by atoms with Crippen LogP contribution in [-0.2, 0) is 19.4 Å². The molecule has 7 heteroatoms. The molecule has 166 valence electrons. The van der Waals surface area contributed by atoms with Gasteiger partial charge in [0.15, 0.2) is 5.96 Å². The van der Waals surface area contributed by atoms with Crippen LogP contribution < -0.4 is 10.6 Å². The number of aryl methyl sites for hydroxylation is 1. The number of halogens is 1. The van der Waals surface area contributed by atoms with E-state index in [4.69, 9.17) is 4.99 Å². The molecule has 0 saturated carbocycles. The van der Waals surface area contributed by atoms with Crippen LogP contribution in [-0.4, -0.2) is 47.6 Å². The van der Waals surface area contributed by atoms with E-state index < -0.39 is 0 Å². The van der Waals surface area contributed by atoms with Crippen LogP contribution in [0, 0.1) is 0 Å². The van der Waals surface area contributed by atoms with E-state index in [9.17, 15) is 0 Å². The van der Waals surface area contributed by atoms with Crippen molar-refractivity contribution in [2.45, 2.75) is 65.1 Å². The summed E-state index contributed by atoms with van der Waals surface area (Å²) in [5.41, 5.74) is 2.56.